The summed E-state index contributed by atoms with van der Waals surface area (Å²) >= 11 is 0. The van der Waals surface area contributed by atoms with Crippen LogP contribution in [0.1, 0.15) is 44.1 Å². The first kappa shape index (κ1) is 19.6. The summed E-state index contributed by atoms with van der Waals surface area (Å²) in [6.07, 6.45) is -3.57. The van der Waals surface area contributed by atoms with Crippen molar-refractivity contribution in [2.45, 2.75) is 63.5 Å². The number of alkyl carbamates (subject to hydrolysis) is 1. The van der Waals surface area contributed by atoms with Crippen molar-refractivity contribution in [3.05, 3.63) is 35.9 Å². The molecular formula is C18H24F3NO3. The van der Waals surface area contributed by atoms with Crippen molar-refractivity contribution in [2.75, 3.05) is 0 Å². The molecule has 0 aliphatic heterocycles. The lowest BCUT2D eigenvalue weighted by atomic mass is 9.83. The Balaban J connectivity index is 1.92. The minimum absolute atomic E-state index is 0.0368. The maximum Gasteiger partial charge on any atom is 0.416 e. The standard InChI is InChI=1S/C18H24F3NO3/c19-18(20,21)16(23)15(11-13-7-3-1-4-8-13)22-17(24)25-12-14-9-5-2-6-10-14/h2,5-6,9-10,13,15-16,23H,1,3-4,7-8,11-12H2,(H,22,24)/t15-,16+/m0/s1. The molecule has 140 valence electrons. The molecular weight excluding hydrogens is 335 g/mol. The molecule has 2 N–H and O–H groups in total. The van der Waals surface area contributed by atoms with Crippen LogP contribution >= 0.6 is 0 Å². The number of halogens is 3. The van der Waals surface area contributed by atoms with Gasteiger partial charge in [-0.2, -0.15) is 13.2 Å². The maximum absolute atomic E-state index is 12.9. The number of carbonyl (C=O) groups is 1. The maximum atomic E-state index is 12.9. The molecule has 1 fully saturated rings. The second-order valence-corrected chi connectivity index (χ2v) is 6.54. The lowest BCUT2D eigenvalue weighted by Crippen LogP contribution is -2.51. The quantitative estimate of drug-likeness (QED) is 0.801. The van der Waals surface area contributed by atoms with E-state index in [1.165, 1.54) is 0 Å². The summed E-state index contributed by atoms with van der Waals surface area (Å²) in [5.74, 6) is 0.0742. The number of rotatable bonds is 6. The van der Waals surface area contributed by atoms with Gasteiger partial charge in [0.05, 0.1) is 6.04 Å². The topological polar surface area (TPSA) is 58.6 Å². The molecule has 1 saturated carbocycles. The van der Waals surface area contributed by atoms with Crippen LogP contribution in [0.5, 0.6) is 0 Å². The minimum Gasteiger partial charge on any atom is -0.445 e. The Labute approximate surface area is 145 Å². The van der Waals surface area contributed by atoms with E-state index in [1.54, 1.807) is 24.3 Å². The molecule has 7 heteroatoms. The normalized spacial score (nSPS) is 18.4. The van der Waals surface area contributed by atoms with Gasteiger partial charge in [-0.15, -0.1) is 0 Å². The lowest BCUT2D eigenvalue weighted by Gasteiger charge is -2.30. The molecule has 0 spiro atoms. The zero-order chi connectivity index (χ0) is 18.3. The van der Waals surface area contributed by atoms with Crippen LogP contribution in [-0.4, -0.2) is 29.5 Å². The second kappa shape index (κ2) is 9.08. The Morgan fingerprint density at radius 3 is 2.44 bits per heavy atom. The van der Waals surface area contributed by atoms with E-state index in [0.717, 1.165) is 37.7 Å². The number of nitrogens with one attached hydrogen (secondary N) is 1. The van der Waals surface area contributed by atoms with Crippen LogP contribution in [0.2, 0.25) is 0 Å². The number of alkyl halides is 3. The van der Waals surface area contributed by atoms with Crippen molar-refractivity contribution in [3.63, 3.8) is 0 Å². The van der Waals surface area contributed by atoms with Gasteiger partial charge in [-0.3, -0.25) is 0 Å². The van der Waals surface area contributed by atoms with Crippen molar-refractivity contribution in [1.82, 2.24) is 5.32 Å². The van der Waals surface area contributed by atoms with Crippen molar-refractivity contribution in [2.24, 2.45) is 5.92 Å². The van der Waals surface area contributed by atoms with Crippen LogP contribution in [0.25, 0.3) is 0 Å². The molecule has 25 heavy (non-hydrogen) atoms. The Bertz CT molecular complexity index is 530. The van der Waals surface area contributed by atoms with Crippen molar-refractivity contribution in [3.8, 4) is 0 Å². The Morgan fingerprint density at radius 2 is 1.84 bits per heavy atom. The van der Waals surface area contributed by atoms with Crippen LogP contribution in [0.4, 0.5) is 18.0 Å². The zero-order valence-corrected chi connectivity index (χ0v) is 14.0. The Kier molecular flexibility index (Phi) is 7.11. The predicted molar refractivity (Wildman–Crippen MR) is 86.8 cm³/mol. The first-order chi connectivity index (χ1) is 11.9. The highest BCUT2D eigenvalue weighted by atomic mass is 19.4. The summed E-state index contributed by atoms with van der Waals surface area (Å²) in [4.78, 5) is 11.9. The number of aliphatic hydroxyl groups excluding tert-OH is 1. The van der Waals surface area contributed by atoms with Crippen LogP contribution < -0.4 is 5.32 Å². The molecule has 1 aromatic rings. The van der Waals surface area contributed by atoms with Gasteiger partial charge in [0.25, 0.3) is 0 Å². The molecule has 1 aliphatic carbocycles. The van der Waals surface area contributed by atoms with Crippen LogP contribution in [0, 0.1) is 5.92 Å². The SMILES string of the molecule is O=C(N[C@@H](CC1CCCCC1)[C@@H](O)C(F)(F)F)OCc1ccccc1. The van der Waals surface area contributed by atoms with Gasteiger partial charge in [0.1, 0.15) is 6.61 Å². The van der Waals surface area contributed by atoms with Crippen molar-refractivity contribution >= 4 is 6.09 Å². The van der Waals surface area contributed by atoms with E-state index in [0.29, 0.717) is 0 Å². The van der Waals surface area contributed by atoms with E-state index in [1.807, 2.05) is 6.07 Å². The largest absolute Gasteiger partial charge is 0.445 e. The van der Waals surface area contributed by atoms with Gasteiger partial charge in [-0.1, -0.05) is 62.4 Å². The highest BCUT2D eigenvalue weighted by molar-refractivity contribution is 5.67. The van der Waals surface area contributed by atoms with Crippen LogP contribution in [0.3, 0.4) is 0 Å². The van der Waals surface area contributed by atoms with E-state index in [9.17, 15) is 23.1 Å². The third kappa shape index (κ3) is 6.57. The van der Waals surface area contributed by atoms with Crippen molar-refractivity contribution in [1.29, 1.82) is 0 Å². The van der Waals surface area contributed by atoms with E-state index < -0.39 is 24.4 Å². The van der Waals surface area contributed by atoms with E-state index in [2.05, 4.69) is 5.32 Å². The highest BCUT2D eigenvalue weighted by Crippen LogP contribution is 2.31. The summed E-state index contributed by atoms with van der Waals surface area (Å²) in [5.41, 5.74) is 0.734. The summed E-state index contributed by atoms with van der Waals surface area (Å²) in [6, 6.07) is 7.45. The number of amides is 1. The molecule has 0 saturated heterocycles. The molecule has 1 aliphatic rings. The first-order valence-electron chi connectivity index (χ1n) is 8.58. The molecule has 0 bridgehead atoms. The van der Waals surface area contributed by atoms with E-state index in [-0.39, 0.29) is 18.9 Å². The molecule has 2 rings (SSSR count). The van der Waals surface area contributed by atoms with Gasteiger partial charge in [0, 0.05) is 0 Å². The number of aliphatic hydroxyl groups is 1. The van der Waals surface area contributed by atoms with E-state index >= 15 is 0 Å². The average molecular weight is 359 g/mol. The number of benzene rings is 1. The molecule has 0 radical (unpaired) electrons. The molecule has 1 aromatic carbocycles. The summed E-state index contributed by atoms with van der Waals surface area (Å²) in [5, 5.41) is 11.8. The second-order valence-electron chi connectivity index (χ2n) is 6.54. The molecule has 0 unspecified atom stereocenters. The first-order valence-corrected chi connectivity index (χ1v) is 8.58. The summed E-state index contributed by atoms with van der Waals surface area (Å²) in [7, 11) is 0. The lowest BCUT2D eigenvalue weighted by molar-refractivity contribution is -0.212. The predicted octanol–water partition coefficient (Wildman–Crippen LogP) is 4.18. The number of ether oxygens (including phenoxy) is 1. The summed E-state index contributed by atoms with van der Waals surface area (Å²) in [6.45, 7) is -0.0368. The van der Waals surface area contributed by atoms with E-state index in [4.69, 9.17) is 4.74 Å². The van der Waals surface area contributed by atoms with Crippen molar-refractivity contribution < 1.29 is 27.8 Å². The molecule has 2 atom stereocenters. The number of carbonyl (C=O) groups excluding carboxylic acids is 1. The van der Waals surface area contributed by atoms with Gasteiger partial charge in [0.15, 0.2) is 6.10 Å². The van der Waals surface area contributed by atoms with Gasteiger partial charge in [-0.25, -0.2) is 4.79 Å². The Morgan fingerprint density at radius 1 is 1.20 bits per heavy atom. The Hall–Kier alpha value is -1.76. The van der Waals surface area contributed by atoms with Crippen LogP contribution in [0.15, 0.2) is 30.3 Å². The third-order valence-corrected chi connectivity index (χ3v) is 4.54. The fraction of sp³-hybridized carbons (Fsp3) is 0.611. The van der Waals surface area contributed by atoms with Gasteiger partial charge >= 0.3 is 12.3 Å². The fourth-order valence-electron chi connectivity index (χ4n) is 3.19. The van der Waals surface area contributed by atoms with Crippen LogP contribution in [-0.2, 0) is 11.3 Å². The molecule has 0 aromatic heterocycles. The zero-order valence-electron chi connectivity index (χ0n) is 14.0. The highest BCUT2D eigenvalue weighted by Gasteiger charge is 2.45. The molecule has 1 amide bonds. The average Bonchev–Trinajstić information content (AvgIpc) is 2.60. The smallest absolute Gasteiger partial charge is 0.416 e. The minimum atomic E-state index is -4.79. The molecule has 4 nitrogen and oxygen atoms in total. The molecule has 0 heterocycles. The third-order valence-electron chi connectivity index (χ3n) is 4.54. The number of hydrogen-bond donors (Lipinski definition) is 2. The van der Waals surface area contributed by atoms with Gasteiger partial charge in [-0.05, 0) is 17.9 Å². The number of hydrogen-bond acceptors (Lipinski definition) is 3. The van der Waals surface area contributed by atoms with Gasteiger partial charge < -0.3 is 15.2 Å². The van der Waals surface area contributed by atoms with Gasteiger partial charge in [0.2, 0.25) is 0 Å². The summed E-state index contributed by atoms with van der Waals surface area (Å²) < 4.78 is 43.7. The monoisotopic (exact) mass is 359 g/mol. The fourth-order valence-corrected chi connectivity index (χ4v) is 3.19.